The molecular weight excluding hydrogens is 443 g/mol. The molecule has 4 rings (SSSR count). The largest absolute Gasteiger partial charge is 0.433 e. The van der Waals surface area contributed by atoms with Gasteiger partial charge in [-0.1, -0.05) is 29.4 Å². The van der Waals surface area contributed by atoms with Crippen LogP contribution >= 0.6 is 0 Å². The average Bonchev–Trinajstić information content (AvgIpc) is 3.32. The van der Waals surface area contributed by atoms with Crippen LogP contribution in [0.4, 0.5) is 18.0 Å². The molecule has 1 aromatic carbocycles. The molecule has 33 heavy (non-hydrogen) atoms. The van der Waals surface area contributed by atoms with Crippen LogP contribution in [0.2, 0.25) is 0 Å². The van der Waals surface area contributed by atoms with E-state index in [1.54, 1.807) is 13.0 Å². The Kier molecular flexibility index (Phi) is 5.24. The van der Waals surface area contributed by atoms with Crippen molar-refractivity contribution in [3.63, 3.8) is 0 Å². The Morgan fingerprint density at radius 2 is 1.91 bits per heavy atom. The van der Waals surface area contributed by atoms with Crippen LogP contribution in [0, 0.1) is 6.92 Å². The zero-order valence-electron chi connectivity index (χ0n) is 17.0. The zero-order valence-corrected chi connectivity index (χ0v) is 17.0. The first kappa shape index (κ1) is 22.1. The van der Waals surface area contributed by atoms with Crippen molar-refractivity contribution >= 4 is 17.8 Å². The van der Waals surface area contributed by atoms with Gasteiger partial charge in [0, 0.05) is 29.4 Å². The van der Waals surface area contributed by atoms with E-state index in [0.717, 1.165) is 18.3 Å². The molecule has 3 aromatic rings. The first-order valence-corrected chi connectivity index (χ1v) is 9.55. The number of nitrogens with zero attached hydrogens (tertiary/aromatic N) is 3. The van der Waals surface area contributed by atoms with Crippen LogP contribution in [0.25, 0.3) is 11.1 Å². The van der Waals surface area contributed by atoms with Crippen LogP contribution in [-0.2, 0) is 16.5 Å². The van der Waals surface area contributed by atoms with Gasteiger partial charge in [-0.15, -0.1) is 0 Å². The molecule has 9 nitrogen and oxygen atoms in total. The SMILES string of the molecule is Cc1cnoc1C1(CN)C(=O)NC(=O)N1C(=O)c1ccccc1-c1ccc(C(F)(F)F)nc1. The highest BCUT2D eigenvalue weighted by molar-refractivity contribution is 6.19. The topological polar surface area (TPSA) is 131 Å². The third-order valence-corrected chi connectivity index (χ3v) is 5.33. The summed E-state index contributed by atoms with van der Waals surface area (Å²) in [5.74, 6) is -1.85. The number of urea groups is 1. The summed E-state index contributed by atoms with van der Waals surface area (Å²) in [6.45, 7) is 1.08. The lowest BCUT2D eigenvalue weighted by Gasteiger charge is -2.31. The number of amides is 4. The maximum Gasteiger partial charge on any atom is 0.433 e. The van der Waals surface area contributed by atoms with Crippen molar-refractivity contribution < 1.29 is 32.1 Å². The number of pyridine rings is 1. The number of halogens is 3. The number of hydrogen-bond acceptors (Lipinski definition) is 7. The molecule has 2 aromatic heterocycles. The van der Waals surface area contributed by atoms with Gasteiger partial charge in [0.1, 0.15) is 5.69 Å². The maximum absolute atomic E-state index is 13.6. The second-order valence-corrected chi connectivity index (χ2v) is 7.28. The van der Waals surface area contributed by atoms with Gasteiger partial charge in [-0.25, -0.2) is 9.69 Å². The average molecular weight is 459 g/mol. The van der Waals surface area contributed by atoms with Gasteiger partial charge in [0.15, 0.2) is 5.76 Å². The van der Waals surface area contributed by atoms with Crippen molar-refractivity contribution in [2.45, 2.75) is 18.6 Å². The maximum atomic E-state index is 13.6. The lowest BCUT2D eigenvalue weighted by atomic mass is 9.90. The van der Waals surface area contributed by atoms with Crippen molar-refractivity contribution in [3.8, 4) is 11.1 Å². The molecule has 0 radical (unpaired) electrons. The van der Waals surface area contributed by atoms with E-state index in [1.807, 2.05) is 0 Å². The summed E-state index contributed by atoms with van der Waals surface area (Å²) >= 11 is 0. The number of benzene rings is 1. The van der Waals surface area contributed by atoms with Crippen LogP contribution in [0.3, 0.4) is 0 Å². The summed E-state index contributed by atoms with van der Waals surface area (Å²) in [4.78, 5) is 43.2. The van der Waals surface area contributed by atoms with E-state index < -0.39 is 41.8 Å². The number of carbonyl (C=O) groups is 3. The molecule has 1 unspecified atom stereocenters. The van der Waals surface area contributed by atoms with Crippen LogP contribution in [0.1, 0.15) is 27.4 Å². The standard InChI is InChI=1S/C21H16F3N5O4/c1-11-8-27-33-16(11)20(10-25)18(31)28-19(32)29(20)17(30)14-5-3-2-4-13(14)12-6-7-15(26-9-12)21(22,23)24/h2-9H,10,25H2,1H3,(H,28,31,32). The molecule has 0 spiro atoms. The van der Waals surface area contributed by atoms with Crippen molar-refractivity contribution in [1.29, 1.82) is 0 Å². The molecule has 1 saturated heterocycles. The fraction of sp³-hybridized carbons (Fsp3) is 0.190. The molecule has 3 heterocycles. The van der Waals surface area contributed by atoms with Crippen molar-refractivity contribution in [2.75, 3.05) is 6.54 Å². The van der Waals surface area contributed by atoms with E-state index in [4.69, 9.17) is 10.3 Å². The second-order valence-electron chi connectivity index (χ2n) is 7.28. The molecule has 1 aliphatic rings. The number of carbonyl (C=O) groups excluding carboxylic acids is 3. The first-order chi connectivity index (χ1) is 15.6. The molecule has 0 saturated carbocycles. The number of aromatic nitrogens is 2. The van der Waals surface area contributed by atoms with Crippen LogP contribution in [0.5, 0.6) is 0 Å². The molecule has 170 valence electrons. The van der Waals surface area contributed by atoms with Gasteiger partial charge in [0.05, 0.1) is 6.20 Å². The molecule has 3 N–H and O–H groups in total. The number of nitrogens with two attached hydrogens (primary N) is 1. The molecule has 1 aliphatic heterocycles. The van der Waals surface area contributed by atoms with Crippen LogP contribution < -0.4 is 11.1 Å². The summed E-state index contributed by atoms with van der Waals surface area (Å²) in [5, 5.41) is 5.70. The van der Waals surface area contributed by atoms with Crippen molar-refractivity contribution in [3.05, 3.63) is 71.4 Å². The Labute approximate surface area is 184 Å². The third-order valence-electron chi connectivity index (χ3n) is 5.33. The van der Waals surface area contributed by atoms with Gasteiger partial charge in [-0.2, -0.15) is 13.2 Å². The number of hydrogen-bond donors (Lipinski definition) is 2. The molecule has 0 aliphatic carbocycles. The minimum Gasteiger partial charge on any atom is -0.358 e. The molecule has 12 heteroatoms. The van der Waals surface area contributed by atoms with Crippen LogP contribution in [-0.4, -0.2) is 39.4 Å². The van der Waals surface area contributed by atoms with Crippen molar-refractivity contribution in [1.82, 2.24) is 20.4 Å². The Morgan fingerprint density at radius 3 is 2.48 bits per heavy atom. The third kappa shape index (κ3) is 3.44. The smallest absolute Gasteiger partial charge is 0.358 e. The summed E-state index contributed by atoms with van der Waals surface area (Å²) in [7, 11) is 0. The summed E-state index contributed by atoms with van der Waals surface area (Å²) in [6, 6.07) is 6.85. The Hall–Kier alpha value is -4.06. The van der Waals surface area contributed by atoms with Gasteiger partial charge >= 0.3 is 12.2 Å². The molecule has 0 bridgehead atoms. The number of imide groups is 2. The van der Waals surface area contributed by atoms with E-state index in [1.165, 1.54) is 24.4 Å². The lowest BCUT2D eigenvalue weighted by Crippen LogP contribution is -2.54. The van der Waals surface area contributed by atoms with E-state index in [-0.39, 0.29) is 22.5 Å². The fourth-order valence-electron chi connectivity index (χ4n) is 3.73. The highest BCUT2D eigenvalue weighted by Gasteiger charge is 2.59. The highest BCUT2D eigenvalue weighted by atomic mass is 19.4. The predicted octanol–water partition coefficient (Wildman–Crippen LogP) is 2.61. The first-order valence-electron chi connectivity index (χ1n) is 9.55. The summed E-state index contributed by atoms with van der Waals surface area (Å²) in [6.07, 6.45) is -2.34. The molecular formula is C21H16F3N5O4. The predicted molar refractivity (Wildman–Crippen MR) is 106 cm³/mol. The Balaban J connectivity index is 1.82. The monoisotopic (exact) mass is 459 g/mol. The Bertz CT molecular complexity index is 1260. The molecule has 1 atom stereocenters. The van der Waals surface area contributed by atoms with E-state index >= 15 is 0 Å². The fourth-order valence-corrected chi connectivity index (χ4v) is 3.73. The molecule has 4 amide bonds. The Morgan fingerprint density at radius 1 is 1.18 bits per heavy atom. The van der Waals surface area contributed by atoms with Gasteiger partial charge < -0.3 is 10.3 Å². The number of nitrogens with one attached hydrogen (secondary N) is 1. The minimum absolute atomic E-state index is 0.0566. The molecule has 1 fully saturated rings. The quantitative estimate of drug-likeness (QED) is 0.574. The van der Waals surface area contributed by atoms with E-state index in [2.05, 4.69) is 15.5 Å². The van der Waals surface area contributed by atoms with Gasteiger partial charge in [0.2, 0.25) is 5.54 Å². The van der Waals surface area contributed by atoms with E-state index in [0.29, 0.717) is 10.5 Å². The highest BCUT2D eigenvalue weighted by Crippen LogP contribution is 2.37. The normalized spacial score (nSPS) is 18.5. The number of alkyl halides is 3. The lowest BCUT2D eigenvalue weighted by molar-refractivity contribution is -0.141. The minimum atomic E-state index is -4.63. The van der Waals surface area contributed by atoms with Gasteiger partial charge in [0.25, 0.3) is 11.8 Å². The summed E-state index contributed by atoms with van der Waals surface area (Å²) < 4.78 is 43.8. The second kappa shape index (κ2) is 7.81. The van der Waals surface area contributed by atoms with Crippen LogP contribution in [0.15, 0.2) is 53.3 Å². The van der Waals surface area contributed by atoms with E-state index in [9.17, 15) is 27.6 Å². The van der Waals surface area contributed by atoms with Crippen molar-refractivity contribution in [2.24, 2.45) is 5.73 Å². The van der Waals surface area contributed by atoms with Gasteiger partial charge in [-0.05, 0) is 24.6 Å². The number of rotatable bonds is 4. The van der Waals surface area contributed by atoms with Gasteiger partial charge in [-0.3, -0.25) is 19.9 Å². The number of aryl methyl sites for hydroxylation is 1. The zero-order chi connectivity index (χ0) is 24.0. The summed E-state index contributed by atoms with van der Waals surface area (Å²) in [5.41, 5.74) is 3.54.